The van der Waals surface area contributed by atoms with Crippen molar-refractivity contribution in [2.24, 2.45) is 17.8 Å². The Morgan fingerprint density at radius 2 is 2.05 bits per heavy atom. The maximum atomic E-state index is 13.0. The van der Waals surface area contributed by atoms with Gasteiger partial charge in [0.15, 0.2) is 0 Å². The van der Waals surface area contributed by atoms with Crippen molar-refractivity contribution in [1.29, 1.82) is 0 Å². The zero-order valence-corrected chi connectivity index (χ0v) is 13.2. The van der Waals surface area contributed by atoms with Crippen LogP contribution in [-0.2, 0) is 9.59 Å². The van der Waals surface area contributed by atoms with Gasteiger partial charge in [0.25, 0.3) is 0 Å². The molecule has 2 aliphatic carbocycles. The Labute approximate surface area is 132 Å². The molecule has 22 heavy (non-hydrogen) atoms. The van der Waals surface area contributed by atoms with Gasteiger partial charge in [0, 0.05) is 38.0 Å². The molecule has 120 valence electrons. The van der Waals surface area contributed by atoms with Crippen molar-refractivity contribution >= 4 is 11.8 Å². The van der Waals surface area contributed by atoms with E-state index >= 15 is 0 Å². The van der Waals surface area contributed by atoms with Crippen molar-refractivity contribution in [2.75, 3.05) is 19.6 Å². The van der Waals surface area contributed by atoms with Crippen molar-refractivity contribution in [3.8, 4) is 0 Å². The molecule has 4 aliphatic rings. The molecule has 2 heterocycles. The van der Waals surface area contributed by atoms with Crippen LogP contribution in [0, 0.1) is 17.8 Å². The number of nitrogens with zero attached hydrogens (tertiary/aromatic N) is 2. The fraction of sp³-hybridized carbons (Fsp3) is 0.778. The number of fused-ring (bicyclic) bond motifs is 2. The van der Waals surface area contributed by atoms with Crippen LogP contribution in [0.1, 0.15) is 44.9 Å². The summed E-state index contributed by atoms with van der Waals surface area (Å²) >= 11 is 0. The molecule has 4 atom stereocenters. The number of carbonyl (C=O) groups excluding carboxylic acids is 2. The van der Waals surface area contributed by atoms with Gasteiger partial charge in [-0.05, 0) is 50.4 Å². The molecule has 0 spiro atoms. The minimum absolute atomic E-state index is 0.213. The summed E-state index contributed by atoms with van der Waals surface area (Å²) in [5.74, 6) is 1.98. The van der Waals surface area contributed by atoms with Crippen molar-refractivity contribution in [1.82, 2.24) is 9.80 Å². The summed E-state index contributed by atoms with van der Waals surface area (Å²) in [6.07, 6.45) is 11.8. The molecule has 2 aliphatic heterocycles. The molecule has 0 aromatic rings. The molecule has 2 bridgehead atoms. The molecule has 4 unspecified atom stereocenters. The lowest BCUT2D eigenvalue weighted by atomic mass is 9.90. The summed E-state index contributed by atoms with van der Waals surface area (Å²) in [4.78, 5) is 29.1. The van der Waals surface area contributed by atoms with Gasteiger partial charge in [0.05, 0.1) is 0 Å². The zero-order chi connectivity index (χ0) is 15.1. The lowest BCUT2D eigenvalue weighted by Gasteiger charge is -2.40. The molecule has 0 N–H and O–H groups in total. The molecule has 4 nitrogen and oxygen atoms in total. The first-order valence-corrected chi connectivity index (χ1v) is 8.99. The van der Waals surface area contributed by atoms with Crippen LogP contribution in [0.2, 0.25) is 0 Å². The van der Waals surface area contributed by atoms with Crippen molar-refractivity contribution in [3.05, 3.63) is 12.2 Å². The quantitative estimate of drug-likeness (QED) is 0.750. The van der Waals surface area contributed by atoms with E-state index in [-0.39, 0.29) is 17.9 Å². The molecule has 4 heteroatoms. The molecule has 0 radical (unpaired) electrons. The average molecular weight is 302 g/mol. The SMILES string of the molecule is O=C1CCCN1CC1CCCCN1C(=O)C1CC2C=CC1C2. The van der Waals surface area contributed by atoms with Crippen molar-refractivity contribution in [3.63, 3.8) is 0 Å². The normalized spacial score (nSPS) is 37.4. The highest BCUT2D eigenvalue weighted by molar-refractivity contribution is 5.81. The maximum absolute atomic E-state index is 13.0. The summed E-state index contributed by atoms with van der Waals surface area (Å²) in [6.45, 7) is 2.54. The Kier molecular flexibility index (Phi) is 3.71. The van der Waals surface area contributed by atoms with E-state index in [1.807, 2.05) is 4.90 Å². The fourth-order valence-corrected chi connectivity index (χ4v) is 4.91. The minimum Gasteiger partial charge on any atom is -0.341 e. The molecule has 3 fully saturated rings. The molecular weight excluding hydrogens is 276 g/mol. The van der Waals surface area contributed by atoms with Gasteiger partial charge in [-0.1, -0.05) is 12.2 Å². The van der Waals surface area contributed by atoms with Gasteiger partial charge < -0.3 is 9.80 Å². The van der Waals surface area contributed by atoms with Gasteiger partial charge in [-0.2, -0.15) is 0 Å². The third-order valence-corrected chi connectivity index (χ3v) is 6.11. The third kappa shape index (κ3) is 2.46. The van der Waals surface area contributed by atoms with Crippen molar-refractivity contribution in [2.45, 2.75) is 51.0 Å². The number of piperidine rings is 1. The van der Waals surface area contributed by atoms with E-state index in [2.05, 4.69) is 17.1 Å². The van der Waals surface area contributed by atoms with Crippen LogP contribution < -0.4 is 0 Å². The van der Waals surface area contributed by atoms with Crippen molar-refractivity contribution < 1.29 is 9.59 Å². The van der Waals surface area contributed by atoms with Crippen LogP contribution in [0.15, 0.2) is 12.2 Å². The van der Waals surface area contributed by atoms with Crippen LogP contribution >= 0.6 is 0 Å². The first-order valence-electron chi connectivity index (χ1n) is 8.99. The molecule has 4 rings (SSSR count). The van der Waals surface area contributed by atoms with Crippen LogP contribution in [0.3, 0.4) is 0 Å². The predicted molar refractivity (Wildman–Crippen MR) is 84.0 cm³/mol. The summed E-state index contributed by atoms with van der Waals surface area (Å²) in [7, 11) is 0. The molecule has 0 aromatic heterocycles. The largest absolute Gasteiger partial charge is 0.341 e. The van der Waals surface area contributed by atoms with Gasteiger partial charge in [0.2, 0.25) is 11.8 Å². The second-order valence-corrected chi connectivity index (χ2v) is 7.51. The Bertz CT molecular complexity index is 501. The molecule has 2 saturated heterocycles. The van der Waals surface area contributed by atoms with Gasteiger partial charge >= 0.3 is 0 Å². The smallest absolute Gasteiger partial charge is 0.226 e. The van der Waals surface area contributed by atoms with E-state index in [9.17, 15) is 9.59 Å². The highest BCUT2D eigenvalue weighted by Crippen LogP contribution is 2.44. The van der Waals surface area contributed by atoms with E-state index in [4.69, 9.17) is 0 Å². The second-order valence-electron chi connectivity index (χ2n) is 7.51. The maximum Gasteiger partial charge on any atom is 0.226 e. The molecule has 2 amide bonds. The van der Waals surface area contributed by atoms with Crippen LogP contribution in [0.5, 0.6) is 0 Å². The third-order valence-electron chi connectivity index (χ3n) is 6.11. The fourth-order valence-electron chi connectivity index (χ4n) is 4.91. The molecular formula is C18H26N2O2. The first kappa shape index (κ1) is 14.3. The lowest BCUT2D eigenvalue weighted by molar-refractivity contribution is -0.142. The monoisotopic (exact) mass is 302 g/mol. The Morgan fingerprint density at radius 1 is 1.14 bits per heavy atom. The zero-order valence-electron chi connectivity index (χ0n) is 13.2. The number of rotatable bonds is 3. The standard InChI is InChI=1S/C18H26N2O2/c21-17-5-3-8-19(17)12-15-4-1-2-9-20(15)18(22)16-11-13-6-7-14(16)10-13/h6-7,13-16H,1-5,8-12H2. The highest BCUT2D eigenvalue weighted by atomic mass is 16.2. The predicted octanol–water partition coefficient (Wildman–Crippen LogP) is 2.20. The van der Waals surface area contributed by atoms with Gasteiger partial charge in [-0.25, -0.2) is 0 Å². The summed E-state index contributed by atoms with van der Waals surface area (Å²) in [5, 5.41) is 0. The van der Waals surface area contributed by atoms with E-state index < -0.39 is 0 Å². The van der Waals surface area contributed by atoms with E-state index in [0.29, 0.717) is 24.2 Å². The molecule has 1 saturated carbocycles. The first-order chi connectivity index (χ1) is 10.7. The minimum atomic E-state index is 0.213. The van der Waals surface area contributed by atoms with Gasteiger partial charge in [-0.15, -0.1) is 0 Å². The lowest BCUT2D eigenvalue weighted by Crippen LogP contribution is -2.51. The summed E-state index contributed by atoms with van der Waals surface area (Å²) in [5.41, 5.74) is 0. The number of amides is 2. The Morgan fingerprint density at radius 3 is 2.73 bits per heavy atom. The molecule has 0 aromatic carbocycles. The van der Waals surface area contributed by atoms with E-state index in [1.54, 1.807) is 0 Å². The average Bonchev–Trinajstić information content (AvgIpc) is 3.25. The Balaban J connectivity index is 1.45. The van der Waals surface area contributed by atoms with Gasteiger partial charge in [0.1, 0.15) is 0 Å². The van der Waals surface area contributed by atoms with Gasteiger partial charge in [-0.3, -0.25) is 9.59 Å². The summed E-state index contributed by atoms with van der Waals surface area (Å²) < 4.78 is 0. The number of allylic oxidation sites excluding steroid dienone is 2. The number of hydrogen-bond acceptors (Lipinski definition) is 2. The number of carbonyl (C=O) groups is 2. The topological polar surface area (TPSA) is 40.6 Å². The number of hydrogen-bond donors (Lipinski definition) is 0. The van der Waals surface area contributed by atoms with Crippen LogP contribution in [0.4, 0.5) is 0 Å². The summed E-state index contributed by atoms with van der Waals surface area (Å²) in [6, 6.07) is 0.256. The van der Waals surface area contributed by atoms with Crippen LogP contribution in [-0.4, -0.2) is 47.3 Å². The van der Waals surface area contributed by atoms with Crippen LogP contribution in [0.25, 0.3) is 0 Å². The van der Waals surface area contributed by atoms with E-state index in [0.717, 1.165) is 45.3 Å². The highest BCUT2D eigenvalue weighted by Gasteiger charge is 2.43. The number of likely N-dealkylation sites (tertiary alicyclic amines) is 2. The Hall–Kier alpha value is -1.32. The second kappa shape index (κ2) is 5.71. The van der Waals surface area contributed by atoms with E-state index in [1.165, 1.54) is 12.8 Å².